The van der Waals surface area contributed by atoms with Gasteiger partial charge in [0.1, 0.15) is 0 Å². The van der Waals surface area contributed by atoms with Gasteiger partial charge in [-0.2, -0.15) is 13.2 Å². The maximum absolute atomic E-state index is 12.6. The molecule has 0 fully saturated rings. The molecule has 1 unspecified atom stereocenters. The highest BCUT2D eigenvalue weighted by molar-refractivity contribution is 5.89. The summed E-state index contributed by atoms with van der Waals surface area (Å²) in [5, 5.41) is 5.04. The molecule has 0 spiro atoms. The van der Waals surface area contributed by atoms with E-state index < -0.39 is 17.8 Å². The Morgan fingerprint density at radius 3 is 2.52 bits per heavy atom. The third kappa shape index (κ3) is 6.03. The van der Waals surface area contributed by atoms with E-state index in [0.29, 0.717) is 12.3 Å². The van der Waals surface area contributed by atoms with Crippen LogP contribution < -0.4 is 16.4 Å². The van der Waals surface area contributed by atoms with Crippen LogP contribution in [-0.2, 0) is 6.18 Å². The van der Waals surface area contributed by atoms with Gasteiger partial charge in [0.15, 0.2) is 0 Å². The topological polar surface area (TPSA) is 67.1 Å². The molecule has 2 amide bonds. The van der Waals surface area contributed by atoms with Crippen molar-refractivity contribution in [1.29, 1.82) is 0 Å². The molecule has 1 atom stereocenters. The molecule has 4 N–H and O–H groups in total. The summed E-state index contributed by atoms with van der Waals surface area (Å²) in [5.41, 5.74) is 4.83. The lowest BCUT2D eigenvalue weighted by Gasteiger charge is -2.19. The van der Waals surface area contributed by atoms with Gasteiger partial charge in [-0.25, -0.2) is 4.79 Å². The van der Waals surface area contributed by atoms with Crippen LogP contribution in [0.5, 0.6) is 0 Å². The van der Waals surface area contributed by atoms with Gasteiger partial charge >= 0.3 is 12.2 Å². The van der Waals surface area contributed by atoms with Gasteiger partial charge in [0, 0.05) is 18.3 Å². The number of anilines is 1. The van der Waals surface area contributed by atoms with Crippen molar-refractivity contribution in [2.75, 3.05) is 11.9 Å². The van der Waals surface area contributed by atoms with Crippen molar-refractivity contribution >= 4 is 11.7 Å². The first-order chi connectivity index (χ1) is 9.72. The van der Waals surface area contributed by atoms with Crippen LogP contribution in [0, 0.1) is 5.92 Å². The molecule has 0 aliphatic carbocycles. The average molecular weight is 303 g/mol. The van der Waals surface area contributed by atoms with Gasteiger partial charge < -0.3 is 16.4 Å². The minimum atomic E-state index is -4.44. The smallest absolute Gasteiger partial charge is 0.334 e. The molecule has 1 rings (SSSR count). The molecule has 0 radical (unpaired) electrons. The first-order valence-corrected chi connectivity index (χ1v) is 6.67. The van der Waals surface area contributed by atoms with E-state index in [1.54, 1.807) is 0 Å². The van der Waals surface area contributed by atoms with Crippen molar-refractivity contribution in [2.24, 2.45) is 11.7 Å². The molecule has 0 heterocycles. The van der Waals surface area contributed by atoms with Crippen molar-refractivity contribution in [3.05, 3.63) is 29.8 Å². The predicted molar refractivity (Wildman–Crippen MR) is 75.9 cm³/mol. The predicted octanol–water partition coefficient (Wildman–Crippen LogP) is 3.20. The summed E-state index contributed by atoms with van der Waals surface area (Å²) >= 11 is 0. The Bertz CT molecular complexity index is 475. The fraction of sp³-hybridized carbons (Fsp3) is 0.500. The molecule has 1 aromatic carbocycles. The number of nitrogens with two attached hydrogens (primary N) is 1. The largest absolute Gasteiger partial charge is 0.416 e. The van der Waals surface area contributed by atoms with Crippen LogP contribution >= 0.6 is 0 Å². The van der Waals surface area contributed by atoms with Crippen molar-refractivity contribution in [3.63, 3.8) is 0 Å². The normalized spacial score (nSPS) is 13.1. The number of amides is 2. The molecule has 7 heteroatoms. The molecular formula is C14H20F3N3O. The Hall–Kier alpha value is -1.76. The van der Waals surface area contributed by atoms with Crippen molar-refractivity contribution in [2.45, 2.75) is 32.5 Å². The molecule has 0 bridgehead atoms. The third-order valence-corrected chi connectivity index (χ3v) is 2.82. The van der Waals surface area contributed by atoms with E-state index in [0.717, 1.165) is 12.1 Å². The second-order valence-electron chi connectivity index (χ2n) is 5.24. The molecule has 0 aliphatic heterocycles. The summed E-state index contributed by atoms with van der Waals surface area (Å²) in [6, 6.07) is 3.70. The third-order valence-electron chi connectivity index (χ3n) is 2.82. The summed E-state index contributed by atoms with van der Waals surface area (Å²) in [6.07, 6.45) is -3.74. The zero-order valence-corrected chi connectivity index (χ0v) is 12.0. The number of nitrogens with one attached hydrogen (secondary N) is 2. The minimum absolute atomic E-state index is 0.0858. The number of urea groups is 1. The van der Waals surface area contributed by atoms with E-state index in [1.165, 1.54) is 12.1 Å². The SMILES string of the molecule is CC(C)CC(CN)NC(=O)Nc1cccc(C(F)(F)F)c1. The summed E-state index contributed by atoms with van der Waals surface area (Å²) in [4.78, 5) is 11.8. The Labute approximate surface area is 121 Å². The molecule has 0 saturated carbocycles. The van der Waals surface area contributed by atoms with Gasteiger partial charge in [-0.15, -0.1) is 0 Å². The number of alkyl halides is 3. The van der Waals surface area contributed by atoms with Gasteiger partial charge in [-0.3, -0.25) is 0 Å². The number of rotatable bonds is 5. The van der Waals surface area contributed by atoms with Gasteiger partial charge in [-0.05, 0) is 30.5 Å². The number of carbonyl (C=O) groups excluding carboxylic acids is 1. The molecular weight excluding hydrogens is 283 g/mol. The summed E-state index contributed by atoms with van der Waals surface area (Å²) in [6.45, 7) is 4.26. The number of hydrogen-bond donors (Lipinski definition) is 3. The fourth-order valence-electron chi connectivity index (χ4n) is 1.91. The molecule has 0 aromatic heterocycles. The van der Waals surface area contributed by atoms with Gasteiger partial charge in [0.05, 0.1) is 5.56 Å². The number of halogens is 3. The maximum atomic E-state index is 12.6. The molecule has 0 aliphatic rings. The fourth-order valence-corrected chi connectivity index (χ4v) is 1.91. The van der Waals surface area contributed by atoms with Crippen LogP contribution in [0.4, 0.5) is 23.7 Å². The number of hydrogen-bond acceptors (Lipinski definition) is 2. The van der Waals surface area contributed by atoms with E-state index in [4.69, 9.17) is 5.73 Å². The summed E-state index contributed by atoms with van der Waals surface area (Å²) < 4.78 is 37.7. The van der Waals surface area contributed by atoms with E-state index in [9.17, 15) is 18.0 Å². The first kappa shape index (κ1) is 17.3. The van der Waals surface area contributed by atoms with Gasteiger partial charge in [-0.1, -0.05) is 19.9 Å². The van der Waals surface area contributed by atoms with E-state index in [1.807, 2.05) is 13.8 Å². The number of benzene rings is 1. The van der Waals surface area contributed by atoms with Crippen LogP contribution in [0.3, 0.4) is 0 Å². The lowest BCUT2D eigenvalue weighted by molar-refractivity contribution is -0.137. The van der Waals surface area contributed by atoms with Gasteiger partial charge in [0.25, 0.3) is 0 Å². The molecule has 118 valence electrons. The van der Waals surface area contributed by atoms with Crippen molar-refractivity contribution in [1.82, 2.24) is 5.32 Å². The number of carbonyl (C=O) groups is 1. The molecule has 1 aromatic rings. The lowest BCUT2D eigenvalue weighted by atomic mass is 10.0. The quantitative estimate of drug-likeness (QED) is 0.782. The Morgan fingerprint density at radius 2 is 2.00 bits per heavy atom. The Balaban J connectivity index is 2.66. The monoisotopic (exact) mass is 303 g/mol. The lowest BCUT2D eigenvalue weighted by Crippen LogP contribution is -2.43. The molecule has 4 nitrogen and oxygen atoms in total. The Kier molecular flexibility index (Phi) is 6.02. The summed E-state index contributed by atoms with van der Waals surface area (Å²) in [5.74, 6) is 0.354. The Morgan fingerprint density at radius 1 is 1.33 bits per heavy atom. The molecule has 0 saturated heterocycles. The summed E-state index contributed by atoms with van der Waals surface area (Å²) in [7, 11) is 0. The minimum Gasteiger partial charge on any atom is -0.334 e. The van der Waals surface area contributed by atoms with E-state index in [2.05, 4.69) is 10.6 Å². The van der Waals surface area contributed by atoms with Crippen molar-refractivity contribution in [3.8, 4) is 0 Å². The van der Waals surface area contributed by atoms with Crippen LogP contribution in [0.25, 0.3) is 0 Å². The molecule has 21 heavy (non-hydrogen) atoms. The highest BCUT2D eigenvalue weighted by Crippen LogP contribution is 2.30. The van der Waals surface area contributed by atoms with E-state index in [-0.39, 0.29) is 18.3 Å². The van der Waals surface area contributed by atoms with Crippen LogP contribution in [-0.4, -0.2) is 18.6 Å². The second kappa shape index (κ2) is 7.31. The van der Waals surface area contributed by atoms with E-state index >= 15 is 0 Å². The maximum Gasteiger partial charge on any atom is 0.416 e. The zero-order valence-electron chi connectivity index (χ0n) is 12.0. The van der Waals surface area contributed by atoms with Gasteiger partial charge in [0.2, 0.25) is 0 Å². The van der Waals surface area contributed by atoms with Crippen molar-refractivity contribution < 1.29 is 18.0 Å². The second-order valence-corrected chi connectivity index (χ2v) is 5.24. The highest BCUT2D eigenvalue weighted by Gasteiger charge is 2.30. The van der Waals surface area contributed by atoms with Crippen LogP contribution in [0.15, 0.2) is 24.3 Å². The highest BCUT2D eigenvalue weighted by atomic mass is 19.4. The first-order valence-electron chi connectivity index (χ1n) is 6.67. The van der Waals surface area contributed by atoms with Crippen LogP contribution in [0.2, 0.25) is 0 Å². The standard InChI is InChI=1S/C14H20F3N3O/c1-9(2)6-12(8-18)20-13(21)19-11-5-3-4-10(7-11)14(15,16)17/h3-5,7,9,12H,6,8,18H2,1-2H3,(H2,19,20,21). The van der Waals surface area contributed by atoms with Crippen LogP contribution in [0.1, 0.15) is 25.8 Å². The zero-order chi connectivity index (χ0) is 16.0. The average Bonchev–Trinajstić information content (AvgIpc) is 2.36.